The average Bonchev–Trinajstić information content (AvgIpc) is 2.77. The summed E-state index contributed by atoms with van der Waals surface area (Å²) in [5.74, 6) is 0. The van der Waals surface area contributed by atoms with E-state index in [0.29, 0.717) is 6.54 Å². The molecule has 1 aromatic rings. The zero-order valence-electron chi connectivity index (χ0n) is 13.2. The quantitative estimate of drug-likeness (QED) is 0.415. The topological polar surface area (TPSA) is 12.4 Å². The van der Waals surface area contributed by atoms with Gasteiger partial charge in [0.25, 0.3) is 0 Å². The molecular formula is C20H21NS. The lowest BCUT2D eigenvalue weighted by Gasteiger charge is -2.11. The molecule has 22 heavy (non-hydrogen) atoms. The van der Waals surface area contributed by atoms with Gasteiger partial charge in [-0.15, -0.1) is 0 Å². The van der Waals surface area contributed by atoms with E-state index in [0.717, 1.165) is 28.1 Å². The van der Waals surface area contributed by atoms with Gasteiger partial charge in [-0.1, -0.05) is 79.0 Å². The number of aliphatic imine (C=N–C) groups is 1. The molecule has 0 amide bonds. The first-order valence-electron chi connectivity index (χ1n) is 7.41. The van der Waals surface area contributed by atoms with Crippen LogP contribution in [0.4, 0.5) is 0 Å². The van der Waals surface area contributed by atoms with Gasteiger partial charge in [0.2, 0.25) is 0 Å². The Morgan fingerprint density at radius 3 is 2.59 bits per heavy atom. The van der Waals surface area contributed by atoms with Crippen molar-refractivity contribution in [2.45, 2.75) is 20.3 Å². The summed E-state index contributed by atoms with van der Waals surface area (Å²) in [7, 11) is 0. The Kier molecular flexibility index (Phi) is 5.79. The molecular weight excluding hydrogens is 286 g/mol. The van der Waals surface area contributed by atoms with Crippen molar-refractivity contribution in [3.63, 3.8) is 0 Å². The summed E-state index contributed by atoms with van der Waals surface area (Å²) in [6.45, 7) is 8.76. The maximum Gasteiger partial charge on any atom is 0.0727 e. The molecule has 0 N–H and O–H groups in total. The molecule has 0 bridgehead atoms. The van der Waals surface area contributed by atoms with Gasteiger partial charge in [-0.2, -0.15) is 0 Å². The smallest absolute Gasteiger partial charge is 0.0727 e. The molecule has 2 rings (SSSR count). The van der Waals surface area contributed by atoms with Gasteiger partial charge in [-0.25, -0.2) is 0 Å². The number of hydrogen-bond donors (Lipinski definition) is 0. The number of nitrogens with zero attached hydrogens (tertiary/aromatic N) is 1. The molecule has 1 aliphatic rings. The zero-order chi connectivity index (χ0) is 15.9. The highest BCUT2D eigenvalue weighted by Gasteiger charge is 2.10. The maximum absolute atomic E-state index is 5.30. The van der Waals surface area contributed by atoms with Gasteiger partial charge in [0, 0.05) is 16.0 Å². The Hall–Kier alpha value is -2.06. The summed E-state index contributed by atoms with van der Waals surface area (Å²) in [4.78, 5) is 5.59. The van der Waals surface area contributed by atoms with E-state index in [1.807, 2.05) is 13.0 Å². The van der Waals surface area contributed by atoms with Crippen LogP contribution in [-0.2, 0) is 0 Å². The first-order valence-corrected chi connectivity index (χ1v) is 7.81. The number of aryl methyl sites for hydroxylation is 1. The molecule has 2 heteroatoms. The minimum absolute atomic E-state index is 0.666. The molecule has 0 aromatic heterocycles. The standard InChI is InChI=1S/C20H21NS/c1-15-10-12-19(13-11-15)20(16(2)17(3)22)21-14-18-8-6-4-5-7-9-18/h4-8,10-13H,2,9,14H2,1,3H3. The van der Waals surface area contributed by atoms with Crippen LogP contribution in [0.3, 0.4) is 0 Å². The second-order valence-electron chi connectivity index (χ2n) is 5.41. The third-order valence-electron chi connectivity index (χ3n) is 3.55. The second-order valence-corrected chi connectivity index (χ2v) is 6.02. The third-order valence-corrected chi connectivity index (χ3v) is 3.79. The lowest BCUT2D eigenvalue weighted by molar-refractivity contribution is 1.07. The van der Waals surface area contributed by atoms with Crippen LogP contribution in [0.5, 0.6) is 0 Å². The van der Waals surface area contributed by atoms with E-state index >= 15 is 0 Å². The lowest BCUT2D eigenvalue weighted by atomic mass is 10.0. The van der Waals surface area contributed by atoms with Crippen LogP contribution in [0.1, 0.15) is 24.5 Å². The van der Waals surface area contributed by atoms with Crippen LogP contribution >= 0.6 is 12.2 Å². The Labute approximate surface area is 138 Å². The normalized spacial score (nSPS) is 14.5. The first-order chi connectivity index (χ1) is 10.6. The lowest BCUT2D eigenvalue weighted by Crippen LogP contribution is -2.11. The fourth-order valence-electron chi connectivity index (χ4n) is 2.16. The molecule has 0 radical (unpaired) electrons. The van der Waals surface area contributed by atoms with E-state index in [2.05, 4.69) is 62.1 Å². The van der Waals surface area contributed by atoms with Crippen LogP contribution in [0.2, 0.25) is 0 Å². The molecule has 112 valence electrons. The molecule has 1 nitrogen and oxygen atoms in total. The fourth-order valence-corrected chi connectivity index (χ4v) is 2.26. The molecule has 0 spiro atoms. The van der Waals surface area contributed by atoms with Crippen molar-refractivity contribution in [2.75, 3.05) is 6.54 Å². The van der Waals surface area contributed by atoms with Gasteiger partial charge in [-0.05, 0) is 25.8 Å². The van der Waals surface area contributed by atoms with E-state index in [4.69, 9.17) is 17.2 Å². The van der Waals surface area contributed by atoms with Crippen LogP contribution in [0.15, 0.2) is 77.4 Å². The van der Waals surface area contributed by atoms with Crippen molar-refractivity contribution in [3.05, 3.63) is 83.5 Å². The minimum Gasteiger partial charge on any atom is -0.280 e. The highest BCUT2D eigenvalue weighted by Crippen LogP contribution is 2.14. The molecule has 0 unspecified atom stereocenters. The predicted octanol–water partition coefficient (Wildman–Crippen LogP) is 5.17. The summed E-state index contributed by atoms with van der Waals surface area (Å²) in [5.41, 5.74) is 5.31. The van der Waals surface area contributed by atoms with E-state index in [1.54, 1.807) is 0 Å². The van der Waals surface area contributed by atoms with Gasteiger partial charge in [0.05, 0.1) is 12.3 Å². The number of rotatable bonds is 5. The predicted molar refractivity (Wildman–Crippen MR) is 101 cm³/mol. The maximum atomic E-state index is 5.30. The Morgan fingerprint density at radius 2 is 1.91 bits per heavy atom. The SMILES string of the molecule is C=C(C(C)=S)C(=NCC1=CC=CC=CC1)c1ccc(C)cc1. The molecule has 0 saturated heterocycles. The highest BCUT2D eigenvalue weighted by molar-refractivity contribution is 7.80. The average molecular weight is 307 g/mol. The largest absolute Gasteiger partial charge is 0.280 e. The molecule has 0 fully saturated rings. The highest BCUT2D eigenvalue weighted by atomic mass is 32.1. The number of benzene rings is 1. The van der Waals surface area contributed by atoms with Crippen molar-refractivity contribution < 1.29 is 0 Å². The summed E-state index contributed by atoms with van der Waals surface area (Å²) < 4.78 is 0. The summed E-state index contributed by atoms with van der Waals surface area (Å²) in [5, 5.41) is 0. The fraction of sp³-hybridized carbons (Fsp3) is 0.200. The summed E-state index contributed by atoms with van der Waals surface area (Å²) >= 11 is 5.30. The monoisotopic (exact) mass is 307 g/mol. The number of allylic oxidation sites excluding steroid dienone is 6. The summed E-state index contributed by atoms with van der Waals surface area (Å²) in [6.07, 6.45) is 11.4. The van der Waals surface area contributed by atoms with Gasteiger partial charge >= 0.3 is 0 Å². The number of hydrogen-bond acceptors (Lipinski definition) is 2. The number of thiocarbonyl (C=S) groups is 1. The van der Waals surface area contributed by atoms with Gasteiger partial charge in [0.15, 0.2) is 0 Å². The van der Waals surface area contributed by atoms with Crippen molar-refractivity contribution in [2.24, 2.45) is 4.99 Å². The molecule has 0 aliphatic heterocycles. The van der Waals surface area contributed by atoms with Crippen molar-refractivity contribution >= 4 is 22.8 Å². The van der Waals surface area contributed by atoms with Gasteiger partial charge in [0.1, 0.15) is 0 Å². The first kappa shape index (κ1) is 16.3. The van der Waals surface area contributed by atoms with Crippen molar-refractivity contribution in [3.8, 4) is 0 Å². The molecule has 0 heterocycles. The Bertz CT molecular complexity index is 685. The van der Waals surface area contributed by atoms with Crippen LogP contribution in [-0.4, -0.2) is 17.1 Å². The minimum atomic E-state index is 0.666. The van der Waals surface area contributed by atoms with Gasteiger partial charge in [-0.3, -0.25) is 4.99 Å². The molecule has 1 aromatic carbocycles. The second kappa shape index (κ2) is 7.81. The molecule has 0 saturated carbocycles. The van der Waals surface area contributed by atoms with Crippen molar-refractivity contribution in [1.82, 2.24) is 0 Å². The van der Waals surface area contributed by atoms with Crippen LogP contribution in [0.25, 0.3) is 0 Å². The van der Waals surface area contributed by atoms with E-state index < -0.39 is 0 Å². The third kappa shape index (κ3) is 4.47. The van der Waals surface area contributed by atoms with E-state index in [1.165, 1.54) is 11.1 Å². The van der Waals surface area contributed by atoms with Gasteiger partial charge < -0.3 is 0 Å². The van der Waals surface area contributed by atoms with E-state index in [-0.39, 0.29) is 0 Å². The van der Waals surface area contributed by atoms with Crippen LogP contribution < -0.4 is 0 Å². The van der Waals surface area contributed by atoms with Crippen LogP contribution in [0, 0.1) is 6.92 Å². The Morgan fingerprint density at radius 1 is 1.18 bits per heavy atom. The van der Waals surface area contributed by atoms with E-state index in [9.17, 15) is 0 Å². The molecule has 0 atom stereocenters. The Balaban J connectivity index is 2.29. The molecule has 1 aliphatic carbocycles. The summed E-state index contributed by atoms with van der Waals surface area (Å²) in [6, 6.07) is 8.35. The van der Waals surface area contributed by atoms with Crippen molar-refractivity contribution in [1.29, 1.82) is 0 Å². The zero-order valence-corrected chi connectivity index (χ0v) is 14.0.